The summed E-state index contributed by atoms with van der Waals surface area (Å²) in [5.41, 5.74) is 2.51. The van der Waals surface area contributed by atoms with Crippen LogP contribution in [-0.4, -0.2) is 34.2 Å². The summed E-state index contributed by atoms with van der Waals surface area (Å²) in [4.78, 5) is 14.9. The third-order valence-corrected chi connectivity index (χ3v) is 13.8. The molecule has 0 unspecified atom stereocenters. The average Bonchev–Trinajstić information content (AvgIpc) is 2.73. The summed E-state index contributed by atoms with van der Waals surface area (Å²) < 4.78 is 6.93. The number of aliphatic imine (C=N–C) groups is 1. The fraction of sp³-hybridized carbons (Fsp3) is 0.0952. The van der Waals surface area contributed by atoms with Crippen LogP contribution in [-0.2, 0) is 0 Å². The van der Waals surface area contributed by atoms with Crippen LogP contribution in [0.3, 0.4) is 0 Å². The zero-order chi connectivity index (χ0) is 21.0. The molecule has 0 spiro atoms. The molecule has 0 amide bonds. The van der Waals surface area contributed by atoms with Crippen molar-refractivity contribution >= 4 is 58.7 Å². The molecule has 0 aliphatic heterocycles. The van der Waals surface area contributed by atoms with E-state index in [0.717, 1.165) is 24.1 Å². The van der Waals surface area contributed by atoms with Crippen LogP contribution >= 0.6 is 17.9 Å². The van der Waals surface area contributed by atoms with Gasteiger partial charge >= 0.3 is 181 Å². The average molecular weight is 545 g/mol. The van der Waals surface area contributed by atoms with E-state index in [9.17, 15) is 10.1 Å². The van der Waals surface area contributed by atoms with Gasteiger partial charge in [-0.3, -0.25) is 0 Å². The second-order valence-corrected chi connectivity index (χ2v) is 18.8. The molecule has 0 aliphatic rings. The summed E-state index contributed by atoms with van der Waals surface area (Å²) in [5.74, 6) is 0.737. The predicted octanol–water partition coefficient (Wildman–Crippen LogP) is 4.70. The van der Waals surface area contributed by atoms with E-state index in [2.05, 4.69) is 4.99 Å². The van der Waals surface area contributed by atoms with Crippen molar-refractivity contribution in [3.8, 4) is 5.75 Å². The van der Waals surface area contributed by atoms with Crippen molar-refractivity contribution in [2.24, 2.45) is 4.99 Å². The number of non-ortho nitro benzene ring substituents is 1. The Morgan fingerprint density at radius 2 is 1.69 bits per heavy atom. The summed E-state index contributed by atoms with van der Waals surface area (Å²) in [7, 11) is 15.5. The van der Waals surface area contributed by atoms with Crippen molar-refractivity contribution in [1.29, 1.82) is 0 Å². The topological polar surface area (TPSA) is 64.7 Å². The van der Waals surface area contributed by atoms with Crippen molar-refractivity contribution in [3.05, 3.63) is 88.0 Å². The Morgan fingerprint density at radius 1 is 1.03 bits per heavy atom. The number of aryl methyl sites for hydroxylation is 1. The zero-order valence-electron chi connectivity index (χ0n) is 15.7. The van der Waals surface area contributed by atoms with E-state index in [1.807, 2.05) is 49.4 Å². The van der Waals surface area contributed by atoms with Gasteiger partial charge in [0.05, 0.1) is 0 Å². The second-order valence-electron chi connectivity index (χ2n) is 6.22. The molecule has 0 fully saturated rings. The molecule has 0 heterocycles. The maximum absolute atomic E-state index is 10.8. The van der Waals surface area contributed by atoms with Gasteiger partial charge in [0.2, 0.25) is 0 Å². The van der Waals surface area contributed by atoms with Crippen molar-refractivity contribution in [2.45, 2.75) is 6.92 Å². The fourth-order valence-corrected chi connectivity index (χ4v) is 9.81. The van der Waals surface area contributed by atoms with Gasteiger partial charge in [-0.15, -0.1) is 0 Å². The summed E-state index contributed by atoms with van der Waals surface area (Å²) in [6, 6.07) is 19.5. The summed E-state index contributed by atoms with van der Waals surface area (Å²) in [6.07, 6.45) is 1.65. The predicted molar refractivity (Wildman–Crippen MR) is 121 cm³/mol. The SMILES string of the molecule is COc1ccc([Te](Cl)(Cl)c2cc(C)ccc2N=Cc2ccc([N+](=O)[O-])cc2)cc1. The molecule has 3 rings (SSSR count). The first-order chi connectivity index (χ1) is 13.8. The normalized spacial score (nSPS) is 12.1. The number of nitro benzene ring substituents is 1. The summed E-state index contributed by atoms with van der Waals surface area (Å²) >= 11 is -3.68. The molecule has 0 bridgehead atoms. The molecule has 0 aromatic heterocycles. The molecule has 0 aliphatic carbocycles. The van der Waals surface area contributed by atoms with Crippen LogP contribution in [0.1, 0.15) is 11.1 Å². The first-order valence-corrected chi connectivity index (χ1v) is 16.8. The minimum atomic E-state index is -3.68. The van der Waals surface area contributed by atoms with Gasteiger partial charge in [0.15, 0.2) is 0 Å². The van der Waals surface area contributed by atoms with Crippen molar-refractivity contribution in [1.82, 2.24) is 0 Å². The Bertz CT molecular complexity index is 1050. The molecule has 3 aromatic rings. The standard InChI is InChI=1S/C21H18Cl2N2O3Te/c1-15-3-12-20(24-14-16-4-6-17(7-5-16)25(26)27)21(13-15)29(22,23)19-10-8-18(28-2)9-11-19/h3-14H,1-2H3. The van der Waals surface area contributed by atoms with E-state index >= 15 is 0 Å². The molecule has 3 aromatic carbocycles. The first kappa shape index (κ1) is 21.6. The van der Waals surface area contributed by atoms with Gasteiger partial charge in [0.1, 0.15) is 0 Å². The van der Waals surface area contributed by atoms with E-state index in [0.29, 0.717) is 5.69 Å². The van der Waals surface area contributed by atoms with Gasteiger partial charge in [-0.05, 0) is 0 Å². The van der Waals surface area contributed by atoms with Gasteiger partial charge in [-0.1, -0.05) is 0 Å². The van der Waals surface area contributed by atoms with Crippen molar-refractivity contribution in [2.75, 3.05) is 7.11 Å². The number of methoxy groups -OCH3 is 1. The number of halogens is 2. The van der Waals surface area contributed by atoms with Crippen LogP contribution in [0.15, 0.2) is 71.7 Å². The number of hydrogen-bond acceptors (Lipinski definition) is 4. The Hall–Kier alpha value is -2.10. The van der Waals surface area contributed by atoms with E-state index < -0.39 is 20.9 Å². The summed E-state index contributed by atoms with van der Waals surface area (Å²) in [6.45, 7) is 1.98. The van der Waals surface area contributed by atoms with Crippen molar-refractivity contribution < 1.29 is 9.66 Å². The Balaban J connectivity index is 1.97. The molecule has 0 N–H and O–H groups in total. The minimum absolute atomic E-state index is 0.0355. The number of nitro groups is 1. The molecule has 29 heavy (non-hydrogen) atoms. The van der Waals surface area contributed by atoms with Crippen LogP contribution in [0.2, 0.25) is 0 Å². The number of hydrogen-bond donors (Lipinski definition) is 0. The van der Waals surface area contributed by atoms with E-state index in [1.165, 1.54) is 12.1 Å². The molecule has 0 radical (unpaired) electrons. The Kier molecular flexibility index (Phi) is 6.81. The molecular weight excluding hydrogens is 527 g/mol. The maximum atomic E-state index is 10.8. The number of rotatable bonds is 6. The third-order valence-electron chi connectivity index (χ3n) is 4.20. The molecule has 8 heteroatoms. The summed E-state index contributed by atoms with van der Waals surface area (Å²) in [5, 5.41) is 10.8. The van der Waals surface area contributed by atoms with Crippen molar-refractivity contribution in [3.63, 3.8) is 0 Å². The van der Waals surface area contributed by atoms with Crippen LogP contribution < -0.4 is 12.0 Å². The fourth-order valence-electron chi connectivity index (χ4n) is 2.63. The molecule has 0 atom stereocenters. The Labute approximate surface area is 180 Å². The number of ether oxygens (including phenoxy) is 1. The van der Waals surface area contributed by atoms with Gasteiger partial charge in [-0.2, -0.15) is 0 Å². The number of benzene rings is 3. The van der Waals surface area contributed by atoms with Gasteiger partial charge < -0.3 is 0 Å². The number of nitrogens with zero attached hydrogens (tertiary/aromatic N) is 2. The quantitative estimate of drug-likeness (QED) is 0.196. The molecule has 0 saturated carbocycles. The second kappa shape index (κ2) is 9.15. The van der Waals surface area contributed by atoms with Gasteiger partial charge in [0.25, 0.3) is 0 Å². The van der Waals surface area contributed by atoms with E-state index in [4.69, 9.17) is 22.7 Å². The van der Waals surface area contributed by atoms with E-state index in [1.54, 1.807) is 25.5 Å². The van der Waals surface area contributed by atoms with Crippen LogP contribution in [0, 0.1) is 17.0 Å². The molecule has 0 saturated heterocycles. The first-order valence-electron chi connectivity index (χ1n) is 8.57. The van der Waals surface area contributed by atoms with Crippen LogP contribution in [0.25, 0.3) is 0 Å². The Morgan fingerprint density at radius 3 is 2.28 bits per heavy atom. The third kappa shape index (κ3) is 5.09. The van der Waals surface area contributed by atoms with E-state index in [-0.39, 0.29) is 5.69 Å². The monoisotopic (exact) mass is 546 g/mol. The molecule has 150 valence electrons. The van der Waals surface area contributed by atoms with Gasteiger partial charge in [0, 0.05) is 0 Å². The van der Waals surface area contributed by atoms with Crippen LogP contribution in [0.5, 0.6) is 5.75 Å². The zero-order valence-corrected chi connectivity index (χ0v) is 19.6. The van der Waals surface area contributed by atoms with Crippen LogP contribution in [0.4, 0.5) is 11.4 Å². The molecular formula is C21H18Cl2N2O3Te. The van der Waals surface area contributed by atoms with Gasteiger partial charge in [-0.25, -0.2) is 0 Å². The molecule has 5 nitrogen and oxygen atoms in total.